The molecule has 1 aromatic carbocycles. The Kier molecular flexibility index (Phi) is 7.48. The van der Waals surface area contributed by atoms with Gasteiger partial charge in [-0.05, 0) is 87.4 Å². The summed E-state index contributed by atoms with van der Waals surface area (Å²) in [7, 11) is 0. The third-order valence-electron chi connectivity index (χ3n) is 8.58. The van der Waals surface area contributed by atoms with Gasteiger partial charge in [0.15, 0.2) is 0 Å². The molecule has 4 unspecified atom stereocenters. The monoisotopic (exact) mass is 443 g/mol. The van der Waals surface area contributed by atoms with E-state index in [-0.39, 0.29) is 11.7 Å². The van der Waals surface area contributed by atoms with Gasteiger partial charge >= 0.3 is 5.97 Å². The third-order valence-corrected chi connectivity index (χ3v) is 8.58. The molecule has 4 rings (SSSR count). The van der Waals surface area contributed by atoms with Crippen LogP contribution >= 0.6 is 0 Å². The average Bonchev–Trinajstić information content (AvgIpc) is 2.79. The van der Waals surface area contributed by atoms with Crippen LogP contribution in [0.1, 0.15) is 89.5 Å². The number of fused-ring (bicyclic) bond motifs is 1. The first-order chi connectivity index (χ1) is 15.5. The number of nitriles is 1. The SMILES string of the molecule is CCCC1CCC2CC(C3CCC(C(=O)Oc4cc(F)c(C#N)c(F)c4)CC3)CCC2C1. The van der Waals surface area contributed by atoms with E-state index in [0.29, 0.717) is 5.92 Å². The Balaban J connectivity index is 1.26. The highest BCUT2D eigenvalue weighted by Crippen LogP contribution is 2.49. The number of benzene rings is 1. The third kappa shape index (κ3) is 5.16. The quantitative estimate of drug-likeness (QED) is 0.358. The molecule has 0 aliphatic heterocycles. The maximum atomic E-state index is 13.8. The predicted molar refractivity (Wildman–Crippen MR) is 119 cm³/mol. The highest BCUT2D eigenvalue weighted by molar-refractivity contribution is 5.75. The van der Waals surface area contributed by atoms with E-state index in [1.165, 1.54) is 57.4 Å². The van der Waals surface area contributed by atoms with Crippen molar-refractivity contribution < 1.29 is 18.3 Å². The van der Waals surface area contributed by atoms with Crippen molar-refractivity contribution in [2.75, 3.05) is 0 Å². The Hall–Kier alpha value is -1.96. The summed E-state index contributed by atoms with van der Waals surface area (Å²) >= 11 is 0. The van der Waals surface area contributed by atoms with Gasteiger partial charge in [0.25, 0.3) is 0 Å². The minimum absolute atomic E-state index is 0.164. The van der Waals surface area contributed by atoms with Gasteiger partial charge in [-0.3, -0.25) is 4.79 Å². The molecule has 3 aliphatic carbocycles. The van der Waals surface area contributed by atoms with Gasteiger partial charge in [-0.25, -0.2) is 8.78 Å². The summed E-state index contributed by atoms with van der Waals surface area (Å²) in [6, 6.07) is 3.31. The highest BCUT2D eigenvalue weighted by Gasteiger charge is 2.39. The van der Waals surface area contributed by atoms with Crippen molar-refractivity contribution in [3.05, 3.63) is 29.3 Å². The molecule has 3 saturated carbocycles. The molecule has 174 valence electrons. The van der Waals surface area contributed by atoms with Crippen molar-refractivity contribution in [2.24, 2.45) is 35.5 Å². The summed E-state index contributed by atoms with van der Waals surface area (Å²) in [5, 5.41) is 8.77. The summed E-state index contributed by atoms with van der Waals surface area (Å²) in [6.45, 7) is 2.30. The summed E-state index contributed by atoms with van der Waals surface area (Å²) in [6.07, 6.45) is 14.7. The van der Waals surface area contributed by atoms with Crippen molar-refractivity contribution >= 4 is 5.97 Å². The van der Waals surface area contributed by atoms with Gasteiger partial charge in [0.2, 0.25) is 0 Å². The Morgan fingerprint density at radius 1 is 0.938 bits per heavy atom. The zero-order chi connectivity index (χ0) is 22.7. The van der Waals surface area contributed by atoms with Gasteiger partial charge in [0.1, 0.15) is 29.0 Å². The van der Waals surface area contributed by atoms with Crippen LogP contribution in [0, 0.1) is 58.5 Å². The molecular formula is C27H35F2NO2. The smallest absolute Gasteiger partial charge is 0.314 e. The Morgan fingerprint density at radius 2 is 1.50 bits per heavy atom. The number of hydrogen-bond acceptors (Lipinski definition) is 3. The van der Waals surface area contributed by atoms with E-state index < -0.39 is 23.2 Å². The minimum atomic E-state index is -1.00. The molecule has 0 saturated heterocycles. The van der Waals surface area contributed by atoms with Crippen LogP contribution < -0.4 is 4.74 Å². The van der Waals surface area contributed by atoms with Crippen molar-refractivity contribution in [1.29, 1.82) is 5.26 Å². The number of ether oxygens (including phenoxy) is 1. The molecule has 5 heteroatoms. The summed E-state index contributed by atoms with van der Waals surface area (Å²) in [5.41, 5.74) is -0.654. The molecule has 3 nitrogen and oxygen atoms in total. The molecule has 1 aromatic rings. The summed E-state index contributed by atoms with van der Waals surface area (Å²) in [4.78, 5) is 12.6. The zero-order valence-corrected chi connectivity index (χ0v) is 19.1. The van der Waals surface area contributed by atoms with Gasteiger partial charge < -0.3 is 4.74 Å². The second-order valence-electron chi connectivity index (χ2n) is 10.5. The fraction of sp³-hybridized carbons (Fsp3) is 0.704. The lowest BCUT2D eigenvalue weighted by molar-refractivity contribution is -0.140. The van der Waals surface area contributed by atoms with Crippen LogP contribution in [0.2, 0.25) is 0 Å². The van der Waals surface area contributed by atoms with Crippen molar-refractivity contribution in [1.82, 2.24) is 0 Å². The second-order valence-corrected chi connectivity index (χ2v) is 10.5. The largest absolute Gasteiger partial charge is 0.426 e. The van der Waals surface area contributed by atoms with E-state index in [2.05, 4.69) is 6.92 Å². The Labute approximate surface area is 190 Å². The molecule has 32 heavy (non-hydrogen) atoms. The number of hydrogen-bond donors (Lipinski definition) is 0. The van der Waals surface area contributed by atoms with Crippen LogP contribution in [0.25, 0.3) is 0 Å². The fourth-order valence-corrected chi connectivity index (χ4v) is 6.86. The van der Waals surface area contributed by atoms with Gasteiger partial charge in [-0.2, -0.15) is 5.26 Å². The Bertz CT molecular complexity index is 833. The molecule has 0 amide bonds. The average molecular weight is 444 g/mol. The summed E-state index contributed by atoms with van der Waals surface area (Å²) in [5.74, 6) is 1.49. The van der Waals surface area contributed by atoms with Crippen LogP contribution in [0.5, 0.6) is 5.75 Å². The lowest BCUT2D eigenvalue weighted by Gasteiger charge is -2.45. The first-order valence-corrected chi connectivity index (χ1v) is 12.6. The minimum Gasteiger partial charge on any atom is -0.426 e. The maximum Gasteiger partial charge on any atom is 0.314 e. The molecule has 3 fully saturated rings. The van der Waals surface area contributed by atoms with Crippen LogP contribution in [-0.4, -0.2) is 5.97 Å². The Morgan fingerprint density at radius 3 is 2.12 bits per heavy atom. The highest BCUT2D eigenvalue weighted by atomic mass is 19.1. The van der Waals surface area contributed by atoms with E-state index in [1.807, 2.05) is 0 Å². The van der Waals surface area contributed by atoms with Crippen LogP contribution in [0.4, 0.5) is 8.78 Å². The van der Waals surface area contributed by atoms with Gasteiger partial charge in [-0.15, -0.1) is 0 Å². The lowest BCUT2D eigenvalue weighted by atomic mass is 9.60. The zero-order valence-electron chi connectivity index (χ0n) is 19.1. The van der Waals surface area contributed by atoms with Crippen molar-refractivity contribution in [2.45, 2.75) is 84.0 Å². The normalized spacial score (nSPS) is 32.6. The van der Waals surface area contributed by atoms with E-state index in [9.17, 15) is 13.6 Å². The maximum absolute atomic E-state index is 13.8. The molecule has 0 aromatic heterocycles. The van der Waals surface area contributed by atoms with E-state index in [1.54, 1.807) is 0 Å². The molecule has 0 heterocycles. The van der Waals surface area contributed by atoms with Crippen molar-refractivity contribution in [3.63, 3.8) is 0 Å². The van der Waals surface area contributed by atoms with Gasteiger partial charge in [0, 0.05) is 12.1 Å². The number of rotatable bonds is 5. The van der Waals surface area contributed by atoms with Crippen LogP contribution in [-0.2, 0) is 4.79 Å². The lowest BCUT2D eigenvalue weighted by Crippen LogP contribution is -2.35. The molecule has 0 spiro atoms. The first-order valence-electron chi connectivity index (χ1n) is 12.6. The number of esters is 1. The standard InChI is InChI=1S/C27H35F2NO2/c1-2-3-17-4-5-22-13-21(11-10-20(22)12-17)18-6-8-19(9-7-18)27(31)32-23-14-25(28)24(16-30)26(29)15-23/h14-15,17-22H,2-13H2,1H3. The topological polar surface area (TPSA) is 50.1 Å². The fourth-order valence-electron chi connectivity index (χ4n) is 6.86. The first kappa shape index (κ1) is 23.2. The number of nitrogens with zero attached hydrogens (tertiary/aromatic N) is 1. The molecule has 0 N–H and O–H groups in total. The van der Waals surface area contributed by atoms with Crippen LogP contribution in [0.15, 0.2) is 12.1 Å². The van der Waals surface area contributed by atoms with E-state index in [4.69, 9.17) is 10.00 Å². The second kappa shape index (κ2) is 10.3. The molecular weight excluding hydrogens is 408 g/mol. The number of carbonyl (C=O) groups excluding carboxylic acids is 1. The number of carbonyl (C=O) groups is 1. The number of halogens is 2. The van der Waals surface area contributed by atoms with E-state index in [0.717, 1.165) is 61.5 Å². The predicted octanol–water partition coefficient (Wildman–Crippen LogP) is 7.18. The summed E-state index contributed by atoms with van der Waals surface area (Å²) < 4.78 is 32.8. The molecule has 0 bridgehead atoms. The molecule has 4 atom stereocenters. The van der Waals surface area contributed by atoms with Crippen LogP contribution in [0.3, 0.4) is 0 Å². The van der Waals surface area contributed by atoms with Gasteiger partial charge in [-0.1, -0.05) is 26.2 Å². The molecule has 0 radical (unpaired) electrons. The van der Waals surface area contributed by atoms with Crippen molar-refractivity contribution in [3.8, 4) is 11.8 Å². The van der Waals surface area contributed by atoms with Gasteiger partial charge in [0.05, 0.1) is 5.92 Å². The molecule has 3 aliphatic rings. The van der Waals surface area contributed by atoms with E-state index >= 15 is 0 Å².